The number of alkyl halides is 3. The Morgan fingerprint density at radius 2 is 2.19 bits per heavy atom. The molecule has 1 atom stereocenters. The largest absolute Gasteiger partial charge is 0.478 e. The van der Waals surface area contributed by atoms with E-state index in [2.05, 4.69) is 20.9 Å². The highest BCUT2D eigenvalue weighted by Crippen LogP contribution is 2.45. The number of hydrogen-bond acceptors (Lipinski definition) is 4. The van der Waals surface area contributed by atoms with Crippen molar-refractivity contribution < 1.29 is 23.1 Å². The van der Waals surface area contributed by atoms with Gasteiger partial charge in [0.15, 0.2) is 5.66 Å². The van der Waals surface area contributed by atoms with Crippen molar-refractivity contribution in [1.29, 1.82) is 0 Å². The van der Waals surface area contributed by atoms with Crippen molar-refractivity contribution in [1.82, 2.24) is 4.98 Å². The highest BCUT2D eigenvalue weighted by molar-refractivity contribution is 9.11. The third kappa shape index (κ3) is 2.60. The van der Waals surface area contributed by atoms with Crippen LogP contribution in [-0.2, 0) is 11.0 Å². The summed E-state index contributed by atoms with van der Waals surface area (Å²) in [6, 6.07) is 1.87. The topological polar surface area (TPSA) is 79.5 Å². The Kier molecular flexibility index (Phi) is 3.94. The summed E-state index contributed by atoms with van der Waals surface area (Å²) in [5.41, 5.74) is 2.46. The summed E-state index contributed by atoms with van der Waals surface area (Å²) in [4.78, 5) is 15.7. The second kappa shape index (κ2) is 5.15. The third-order valence-electron chi connectivity index (χ3n) is 2.92. The number of rotatable bonds is 2. The number of pyridine rings is 1. The van der Waals surface area contributed by atoms with Gasteiger partial charge in [0.1, 0.15) is 11.0 Å². The van der Waals surface area contributed by atoms with E-state index in [1.165, 1.54) is 0 Å². The number of aromatic nitrogens is 1. The molecule has 0 bridgehead atoms. The number of hydrogen-bond donors (Lipinski definition) is 2. The lowest BCUT2D eigenvalue weighted by atomic mass is 10.1. The highest BCUT2D eigenvalue weighted by Gasteiger charge is 2.51. The van der Waals surface area contributed by atoms with E-state index in [9.17, 15) is 23.1 Å². The Morgan fingerprint density at radius 1 is 1.57 bits per heavy atom. The Balaban J connectivity index is 2.67. The number of halogens is 5. The SMILES string of the molecule is NC1(C(=O)O)CC(Br)=C(Cl)N1c1ncccc1C(F)(F)F. The fourth-order valence-corrected chi connectivity index (χ4v) is 2.84. The summed E-state index contributed by atoms with van der Waals surface area (Å²) in [5, 5.41) is 9.01. The van der Waals surface area contributed by atoms with Crippen LogP contribution in [0.5, 0.6) is 0 Å². The lowest BCUT2D eigenvalue weighted by molar-refractivity contribution is -0.143. The minimum atomic E-state index is -4.73. The summed E-state index contributed by atoms with van der Waals surface area (Å²) in [7, 11) is 0. The first-order valence-electron chi connectivity index (χ1n) is 5.48. The van der Waals surface area contributed by atoms with Crippen LogP contribution in [-0.4, -0.2) is 21.7 Å². The molecule has 1 unspecified atom stereocenters. The zero-order valence-electron chi connectivity index (χ0n) is 10.2. The standard InChI is InChI=1S/C11H8BrClF3N3O2/c12-6-4-10(17,9(20)21)19(7(6)13)8-5(11(14,15)16)2-1-3-18-8/h1-3H,4,17H2,(H,20,21). The van der Waals surface area contributed by atoms with Crippen LogP contribution in [0, 0.1) is 0 Å². The Labute approximate surface area is 130 Å². The molecule has 0 aromatic carbocycles. The molecule has 2 heterocycles. The van der Waals surface area contributed by atoms with Crippen molar-refractivity contribution in [3.05, 3.63) is 33.5 Å². The molecule has 1 aromatic rings. The normalized spacial score (nSPS) is 22.9. The number of carbonyl (C=O) groups is 1. The minimum absolute atomic E-state index is 0.188. The van der Waals surface area contributed by atoms with Gasteiger partial charge < -0.3 is 5.11 Å². The van der Waals surface area contributed by atoms with Gasteiger partial charge >= 0.3 is 12.1 Å². The second-order valence-corrected chi connectivity index (χ2v) is 5.62. The van der Waals surface area contributed by atoms with E-state index in [1.807, 2.05) is 0 Å². The van der Waals surface area contributed by atoms with E-state index >= 15 is 0 Å². The van der Waals surface area contributed by atoms with E-state index in [0.29, 0.717) is 4.90 Å². The molecule has 3 N–H and O–H groups in total. The average molecular weight is 387 g/mol. The summed E-state index contributed by atoms with van der Waals surface area (Å²) in [6.07, 6.45) is -3.91. The third-order valence-corrected chi connectivity index (χ3v) is 4.20. The van der Waals surface area contributed by atoms with E-state index in [4.69, 9.17) is 17.3 Å². The monoisotopic (exact) mass is 385 g/mol. The molecular formula is C11H8BrClF3N3O2. The molecule has 0 fully saturated rings. The molecule has 5 nitrogen and oxygen atoms in total. The maximum absolute atomic E-state index is 13.1. The molecule has 114 valence electrons. The molecule has 1 aromatic heterocycles. The molecule has 0 spiro atoms. The van der Waals surface area contributed by atoms with Crippen molar-refractivity contribution >= 4 is 39.3 Å². The van der Waals surface area contributed by atoms with Crippen LogP contribution in [0.3, 0.4) is 0 Å². The van der Waals surface area contributed by atoms with Crippen molar-refractivity contribution in [2.45, 2.75) is 18.3 Å². The number of nitrogens with two attached hydrogens (primary N) is 1. The van der Waals surface area contributed by atoms with Crippen molar-refractivity contribution in [3.63, 3.8) is 0 Å². The zero-order chi connectivity index (χ0) is 16.0. The molecule has 0 saturated heterocycles. The fourth-order valence-electron chi connectivity index (χ4n) is 1.93. The van der Waals surface area contributed by atoms with Gasteiger partial charge in [-0.2, -0.15) is 13.2 Å². The molecule has 2 rings (SSSR count). The lowest BCUT2D eigenvalue weighted by Gasteiger charge is -2.33. The van der Waals surface area contributed by atoms with E-state index < -0.39 is 29.2 Å². The van der Waals surface area contributed by atoms with Gasteiger partial charge in [0.2, 0.25) is 0 Å². The van der Waals surface area contributed by atoms with Gasteiger partial charge in [-0.25, -0.2) is 9.78 Å². The minimum Gasteiger partial charge on any atom is -0.478 e. The average Bonchev–Trinajstić information content (AvgIpc) is 2.60. The summed E-state index contributed by atoms with van der Waals surface area (Å²) in [5.74, 6) is -2.18. The van der Waals surface area contributed by atoms with Gasteiger partial charge in [0.25, 0.3) is 0 Å². The lowest BCUT2D eigenvalue weighted by Crippen LogP contribution is -2.59. The molecular weight excluding hydrogens is 378 g/mol. The van der Waals surface area contributed by atoms with Gasteiger partial charge in [-0.05, 0) is 12.1 Å². The smallest absolute Gasteiger partial charge is 0.419 e. The van der Waals surface area contributed by atoms with Crippen LogP contribution in [0.2, 0.25) is 0 Å². The summed E-state index contributed by atoms with van der Waals surface area (Å²) < 4.78 is 39.3. The zero-order valence-corrected chi connectivity index (χ0v) is 12.5. The molecule has 21 heavy (non-hydrogen) atoms. The number of carboxylic acid groups (broad SMARTS) is 1. The first-order valence-corrected chi connectivity index (χ1v) is 6.65. The Hall–Kier alpha value is -1.32. The maximum atomic E-state index is 13.1. The quantitative estimate of drug-likeness (QED) is 0.764. The van der Waals surface area contributed by atoms with Crippen molar-refractivity contribution in [2.24, 2.45) is 5.73 Å². The number of carboxylic acids is 1. The second-order valence-electron chi connectivity index (χ2n) is 4.31. The van der Waals surface area contributed by atoms with Crippen LogP contribution < -0.4 is 10.6 Å². The molecule has 1 aliphatic rings. The van der Waals surface area contributed by atoms with Gasteiger partial charge in [-0.15, -0.1) is 0 Å². The molecule has 0 radical (unpaired) electrons. The van der Waals surface area contributed by atoms with E-state index in [0.717, 1.165) is 18.3 Å². The Morgan fingerprint density at radius 3 is 2.71 bits per heavy atom. The predicted octanol–water partition coefficient (Wildman–Crippen LogP) is 2.85. The predicted molar refractivity (Wildman–Crippen MR) is 72.7 cm³/mol. The van der Waals surface area contributed by atoms with Crippen LogP contribution in [0.1, 0.15) is 12.0 Å². The number of aliphatic carboxylic acids is 1. The van der Waals surface area contributed by atoms with Crippen LogP contribution in [0.4, 0.5) is 19.0 Å². The van der Waals surface area contributed by atoms with E-state index in [-0.39, 0.29) is 16.1 Å². The molecule has 1 aliphatic heterocycles. The van der Waals surface area contributed by atoms with Gasteiger partial charge in [-0.1, -0.05) is 27.5 Å². The van der Waals surface area contributed by atoms with E-state index in [1.54, 1.807) is 0 Å². The van der Waals surface area contributed by atoms with Crippen LogP contribution in [0.25, 0.3) is 0 Å². The fraction of sp³-hybridized carbons (Fsp3) is 0.273. The van der Waals surface area contributed by atoms with Gasteiger partial charge in [0, 0.05) is 17.1 Å². The maximum Gasteiger partial charge on any atom is 0.419 e. The molecule has 10 heteroatoms. The van der Waals surface area contributed by atoms with Gasteiger partial charge in [0.05, 0.1) is 5.56 Å². The van der Waals surface area contributed by atoms with Crippen molar-refractivity contribution in [3.8, 4) is 0 Å². The number of nitrogens with zero attached hydrogens (tertiary/aromatic N) is 2. The first-order chi connectivity index (χ1) is 9.59. The van der Waals surface area contributed by atoms with Crippen molar-refractivity contribution in [2.75, 3.05) is 4.90 Å². The highest BCUT2D eigenvalue weighted by atomic mass is 79.9. The molecule has 0 amide bonds. The summed E-state index contributed by atoms with van der Waals surface area (Å²) in [6.45, 7) is 0. The first kappa shape index (κ1) is 16.1. The Bertz CT molecular complexity index is 637. The van der Waals surface area contributed by atoms with Gasteiger partial charge in [-0.3, -0.25) is 10.6 Å². The molecule has 0 saturated carbocycles. The summed E-state index contributed by atoms with van der Waals surface area (Å²) >= 11 is 8.94. The number of anilines is 1. The van der Waals surface area contributed by atoms with Crippen LogP contribution >= 0.6 is 27.5 Å². The van der Waals surface area contributed by atoms with Crippen LogP contribution in [0.15, 0.2) is 28.0 Å². The molecule has 0 aliphatic carbocycles.